The Bertz CT molecular complexity index is 924. The third-order valence-electron chi connectivity index (χ3n) is 7.05. The van der Waals surface area contributed by atoms with Gasteiger partial charge in [-0.15, -0.1) is 0 Å². The molecule has 2 N–H and O–H groups in total. The van der Waals surface area contributed by atoms with Gasteiger partial charge in [-0.25, -0.2) is 4.79 Å². The van der Waals surface area contributed by atoms with Crippen LogP contribution in [0.3, 0.4) is 0 Å². The molecule has 2 aromatic carbocycles. The second-order valence-corrected chi connectivity index (χ2v) is 9.18. The summed E-state index contributed by atoms with van der Waals surface area (Å²) < 4.78 is 11.1. The topological polar surface area (TPSA) is 66.1 Å². The van der Waals surface area contributed by atoms with E-state index in [1.165, 1.54) is 24.9 Å². The minimum atomic E-state index is -0.0597. The highest BCUT2D eigenvalue weighted by Gasteiger charge is 2.27. The number of nitrogens with zero attached hydrogens (tertiary/aromatic N) is 2. The molecule has 0 spiro atoms. The number of nitrogens with one attached hydrogen (secondary N) is 2. The predicted octanol–water partition coefficient (Wildman–Crippen LogP) is 3.91. The van der Waals surface area contributed by atoms with Crippen molar-refractivity contribution in [2.45, 2.75) is 44.2 Å². The maximum Gasteiger partial charge on any atom is 0.315 e. The summed E-state index contributed by atoms with van der Waals surface area (Å²) in [6.07, 6.45) is 5.86. The first kappa shape index (κ1) is 21.9. The Labute approximate surface area is 196 Å². The third-order valence-corrected chi connectivity index (χ3v) is 7.05. The van der Waals surface area contributed by atoms with E-state index in [0.717, 1.165) is 56.1 Å². The lowest BCUT2D eigenvalue weighted by atomic mass is 9.96. The van der Waals surface area contributed by atoms with Crippen LogP contribution < -0.4 is 25.0 Å². The van der Waals surface area contributed by atoms with Gasteiger partial charge in [0, 0.05) is 44.5 Å². The van der Waals surface area contributed by atoms with Crippen LogP contribution in [0.4, 0.5) is 10.5 Å². The normalized spacial score (nSPS) is 19.8. The molecular weight excluding hydrogens is 416 g/mol. The molecule has 0 radical (unpaired) electrons. The molecule has 2 fully saturated rings. The van der Waals surface area contributed by atoms with E-state index in [1.54, 1.807) is 0 Å². The van der Waals surface area contributed by atoms with E-state index < -0.39 is 0 Å². The van der Waals surface area contributed by atoms with E-state index in [0.29, 0.717) is 12.6 Å². The first-order valence-electron chi connectivity index (χ1n) is 12.2. The number of ether oxygens (including phenoxy) is 2. The first-order valence-corrected chi connectivity index (χ1v) is 12.2. The molecule has 5 rings (SSSR count). The van der Waals surface area contributed by atoms with E-state index in [4.69, 9.17) is 9.47 Å². The van der Waals surface area contributed by atoms with Crippen molar-refractivity contribution in [3.8, 4) is 11.5 Å². The molecule has 0 aromatic heterocycles. The monoisotopic (exact) mass is 450 g/mol. The maximum atomic E-state index is 12.7. The van der Waals surface area contributed by atoms with Gasteiger partial charge in [0.25, 0.3) is 0 Å². The van der Waals surface area contributed by atoms with Crippen LogP contribution in [0.25, 0.3) is 0 Å². The van der Waals surface area contributed by atoms with Gasteiger partial charge in [-0.2, -0.15) is 0 Å². The fourth-order valence-corrected chi connectivity index (χ4v) is 5.18. The van der Waals surface area contributed by atoms with E-state index in [1.807, 2.05) is 6.07 Å². The summed E-state index contributed by atoms with van der Waals surface area (Å²) in [5, 5.41) is 6.34. The van der Waals surface area contributed by atoms with E-state index in [9.17, 15) is 4.79 Å². The number of piperazine rings is 1. The molecule has 2 aromatic rings. The Hall–Kier alpha value is -2.93. The highest BCUT2D eigenvalue weighted by molar-refractivity contribution is 5.74. The number of hydrogen-bond donors (Lipinski definition) is 2. The van der Waals surface area contributed by atoms with Gasteiger partial charge >= 0.3 is 6.03 Å². The minimum Gasteiger partial charge on any atom is -0.454 e. The molecular formula is C26H34N4O3. The molecule has 1 saturated heterocycles. The van der Waals surface area contributed by atoms with Crippen LogP contribution in [0, 0.1) is 0 Å². The molecule has 0 unspecified atom stereocenters. The molecule has 7 heteroatoms. The van der Waals surface area contributed by atoms with Crippen LogP contribution in [0.15, 0.2) is 48.5 Å². The summed E-state index contributed by atoms with van der Waals surface area (Å²) in [6, 6.07) is 17.0. The quantitative estimate of drug-likeness (QED) is 0.699. The van der Waals surface area contributed by atoms with E-state index >= 15 is 0 Å². The van der Waals surface area contributed by atoms with Crippen molar-refractivity contribution in [1.82, 2.24) is 15.5 Å². The Morgan fingerprint density at radius 1 is 0.939 bits per heavy atom. The second kappa shape index (κ2) is 10.3. The number of anilines is 1. The van der Waals surface area contributed by atoms with Crippen LogP contribution in [-0.2, 0) is 0 Å². The van der Waals surface area contributed by atoms with Gasteiger partial charge in [0.15, 0.2) is 11.5 Å². The minimum absolute atomic E-state index is 0.0597. The number of fused-ring (bicyclic) bond motifs is 1. The SMILES string of the molecule is O=C(NC[C@@H](c1ccc2c(c1)OCO2)N1CCN(c2ccccc2)CC1)NC1CCCCC1. The smallest absolute Gasteiger partial charge is 0.315 e. The van der Waals surface area contributed by atoms with Gasteiger partial charge < -0.3 is 25.0 Å². The molecule has 3 aliphatic rings. The largest absolute Gasteiger partial charge is 0.454 e. The second-order valence-electron chi connectivity index (χ2n) is 9.18. The molecule has 1 saturated carbocycles. The zero-order valence-corrected chi connectivity index (χ0v) is 19.2. The fourth-order valence-electron chi connectivity index (χ4n) is 5.18. The van der Waals surface area contributed by atoms with Gasteiger partial charge in [0.2, 0.25) is 6.79 Å². The average Bonchev–Trinajstić information content (AvgIpc) is 3.34. The van der Waals surface area contributed by atoms with Crippen LogP contribution in [-0.4, -0.2) is 56.5 Å². The third kappa shape index (κ3) is 5.36. The summed E-state index contributed by atoms with van der Waals surface area (Å²) in [4.78, 5) is 17.6. The van der Waals surface area contributed by atoms with Crippen molar-refractivity contribution in [2.24, 2.45) is 0 Å². The molecule has 1 atom stereocenters. The summed E-state index contributed by atoms with van der Waals surface area (Å²) >= 11 is 0. The summed E-state index contributed by atoms with van der Waals surface area (Å²) in [6.45, 7) is 4.60. The molecule has 176 valence electrons. The number of amides is 2. The number of carbonyl (C=O) groups is 1. The zero-order chi connectivity index (χ0) is 22.5. The Kier molecular flexibility index (Phi) is 6.86. The lowest BCUT2D eigenvalue weighted by molar-refractivity contribution is 0.172. The highest BCUT2D eigenvalue weighted by atomic mass is 16.7. The van der Waals surface area contributed by atoms with Crippen LogP contribution in [0.1, 0.15) is 43.7 Å². The predicted molar refractivity (Wildman–Crippen MR) is 129 cm³/mol. The van der Waals surface area contributed by atoms with Gasteiger partial charge in [-0.05, 0) is 42.7 Å². The van der Waals surface area contributed by atoms with Crippen molar-refractivity contribution >= 4 is 11.7 Å². The molecule has 2 heterocycles. The summed E-state index contributed by atoms with van der Waals surface area (Å²) in [5.41, 5.74) is 2.41. The molecule has 33 heavy (non-hydrogen) atoms. The molecule has 2 aliphatic heterocycles. The van der Waals surface area contributed by atoms with Crippen LogP contribution in [0.5, 0.6) is 11.5 Å². The van der Waals surface area contributed by atoms with Crippen molar-refractivity contribution in [3.63, 3.8) is 0 Å². The number of hydrogen-bond acceptors (Lipinski definition) is 5. The van der Waals surface area contributed by atoms with Gasteiger partial charge in [0.1, 0.15) is 0 Å². The lowest BCUT2D eigenvalue weighted by Crippen LogP contribution is -2.51. The van der Waals surface area contributed by atoms with Crippen molar-refractivity contribution < 1.29 is 14.3 Å². The molecule has 2 amide bonds. The molecule has 1 aliphatic carbocycles. The van der Waals surface area contributed by atoms with E-state index in [2.05, 4.69) is 62.9 Å². The van der Waals surface area contributed by atoms with Crippen LogP contribution >= 0.6 is 0 Å². The standard InChI is InChI=1S/C26H34N4O3/c31-26(28-21-7-3-1-4-8-21)27-18-23(20-11-12-24-25(17-20)33-19-32-24)30-15-13-29(14-16-30)22-9-5-2-6-10-22/h2,5-6,9-12,17,21,23H,1,3-4,7-8,13-16,18-19H2,(H2,27,28,31)/t23-/m0/s1. The number of benzene rings is 2. The highest BCUT2D eigenvalue weighted by Crippen LogP contribution is 2.35. The van der Waals surface area contributed by atoms with E-state index in [-0.39, 0.29) is 18.9 Å². The van der Waals surface area contributed by atoms with Gasteiger partial charge in [0.05, 0.1) is 6.04 Å². The molecule has 7 nitrogen and oxygen atoms in total. The fraction of sp³-hybridized carbons (Fsp3) is 0.500. The van der Waals surface area contributed by atoms with Crippen molar-refractivity contribution in [2.75, 3.05) is 44.4 Å². The molecule has 0 bridgehead atoms. The number of para-hydroxylation sites is 1. The summed E-state index contributed by atoms with van der Waals surface area (Å²) in [7, 11) is 0. The number of carbonyl (C=O) groups excluding carboxylic acids is 1. The number of rotatable bonds is 6. The maximum absolute atomic E-state index is 12.7. The van der Waals surface area contributed by atoms with Gasteiger partial charge in [-0.1, -0.05) is 43.5 Å². The van der Waals surface area contributed by atoms with Crippen LogP contribution in [0.2, 0.25) is 0 Å². The average molecular weight is 451 g/mol. The van der Waals surface area contributed by atoms with Gasteiger partial charge in [-0.3, -0.25) is 4.90 Å². The zero-order valence-electron chi connectivity index (χ0n) is 19.2. The first-order chi connectivity index (χ1) is 16.3. The van der Waals surface area contributed by atoms with Crippen molar-refractivity contribution in [3.05, 3.63) is 54.1 Å². The number of urea groups is 1. The van der Waals surface area contributed by atoms with Crippen molar-refractivity contribution in [1.29, 1.82) is 0 Å². The summed E-state index contributed by atoms with van der Waals surface area (Å²) in [5.74, 6) is 1.57. The Morgan fingerprint density at radius 3 is 2.48 bits per heavy atom. The Morgan fingerprint density at radius 2 is 1.70 bits per heavy atom. The Balaban J connectivity index is 1.25. The lowest BCUT2D eigenvalue weighted by Gasteiger charge is -2.40.